The molecule has 0 bridgehead atoms. The Morgan fingerprint density at radius 2 is 1.70 bits per heavy atom. The van der Waals surface area contributed by atoms with Crippen LogP contribution in [-0.2, 0) is 10.4 Å². The summed E-state index contributed by atoms with van der Waals surface area (Å²) in [6.45, 7) is 1.50. The number of methoxy groups -OCH3 is 1. The summed E-state index contributed by atoms with van der Waals surface area (Å²) < 4.78 is 46.8. The third kappa shape index (κ3) is 5.88. The Balaban J connectivity index is 1.42. The van der Waals surface area contributed by atoms with E-state index in [1.54, 1.807) is 31.3 Å². The van der Waals surface area contributed by atoms with Crippen LogP contribution in [0, 0.1) is 0 Å². The molecular weight excluding hydrogens is 547 g/mol. The van der Waals surface area contributed by atoms with E-state index in [0.29, 0.717) is 10.6 Å². The Kier molecular flexibility index (Phi) is 8.60. The minimum Gasteiger partial charge on any atom is -0.497 e. The number of amides is 2. The molecular formula is C29H29ClF3N3O4. The van der Waals surface area contributed by atoms with Crippen LogP contribution in [0.2, 0.25) is 5.02 Å². The maximum atomic E-state index is 14.0. The molecule has 1 aliphatic heterocycles. The van der Waals surface area contributed by atoms with Crippen LogP contribution in [0.5, 0.6) is 5.75 Å². The summed E-state index contributed by atoms with van der Waals surface area (Å²) in [6.07, 6.45) is -3.63. The van der Waals surface area contributed by atoms with Gasteiger partial charge in [0.05, 0.1) is 17.7 Å². The Bertz CT molecular complexity index is 1380. The molecule has 40 heavy (non-hydrogen) atoms. The van der Waals surface area contributed by atoms with Crippen LogP contribution in [0.3, 0.4) is 0 Å². The molecule has 11 heteroatoms. The lowest BCUT2D eigenvalue weighted by atomic mass is 9.89. The lowest BCUT2D eigenvalue weighted by molar-refractivity contribution is -0.254. The van der Waals surface area contributed by atoms with Gasteiger partial charge in [0.1, 0.15) is 5.75 Å². The van der Waals surface area contributed by atoms with Gasteiger partial charge in [0.2, 0.25) is 0 Å². The minimum absolute atomic E-state index is 0.0763. The molecule has 1 unspecified atom stereocenters. The van der Waals surface area contributed by atoms with Gasteiger partial charge in [-0.05, 0) is 66.8 Å². The summed E-state index contributed by atoms with van der Waals surface area (Å²) in [7, 11) is 2.82. The molecule has 0 aliphatic carbocycles. The van der Waals surface area contributed by atoms with Crippen LogP contribution in [0.25, 0.3) is 0 Å². The maximum absolute atomic E-state index is 14.0. The van der Waals surface area contributed by atoms with Crippen molar-refractivity contribution in [2.24, 2.45) is 0 Å². The van der Waals surface area contributed by atoms with Crippen molar-refractivity contribution in [1.82, 2.24) is 5.32 Å². The molecule has 1 heterocycles. The Labute approximate surface area is 234 Å². The SMILES string of the molecule is CNC(=O)c1ccc(N2CCC(c3ccc(NC(=O)C(O)(c4cccc(OC)c4)C(F)(F)F)cc3)CC2)cc1Cl. The number of halogens is 4. The van der Waals surface area contributed by atoms with E-state index in [1.165, 1.54) is 31.4 Å². The minimum atomic E-state index is -5.27. The number of carbonyl (C=O) groups excluding carboxylic acids is 2. The number of hydrogen-bond acceptors (Lipinski definition) is 5. The number of benzene rings is 3. The van der Waals surface area contributed by atoms with Crippen molar-refractivity contribution >= 4 is 34.8 Å². The van der Waals surface area contributed by atoms with Crippen LogP contribution in [0.15, 0.2) is 66.7 Å². The Morgan fingerprint density at radius 3 is 2.27 bits per heavy atom. The van der Waals surface area contributed by atoms with Gasteiger partial charge in [0.25, 0.3) is 17.4 Å². The molecule has 1 saturated heterocycles. The highest BCUT2D eigenvalue weighted by Crippen LogP contribution is 2.41. The Morgan fingerprint density at radius 1 is 1.02 bits per heavy atom. The number of alkyl halides is 3. The molecule has 4 rings (SSSR count). The van der Waals surface area contributed by atoms with Crippen molar-refractivity contribution in [3.8, 4) is 5.75 Å². The fraction of sp³-hybridized carbons (Fsp3) is 0.310. The summed E-state index contributed by atoms with van der Waals surface area (Å²) in [5.41, 5.74) is -1.97. The molecule has 0 radical (unpaired) electrons. The van der Waals surface area contributed by atoms with Gasteiger partial charge in [-0.25, -0.2) is 0 Å². The normalized spacial score (nSPS) is 15.7. The summed E-state index contributed by atoms with van der Waals surface area (Å²) in [5, 5.41) is 15.7. The highest BCUT2D eigenvalue weighted by molar-refractivity contribution is 6.34. The van der Waals surface area contributed by atoms with E-state index in [1.807, 2.05) is 6.07 Å². The molecule has 0 saturated carbocycles. The van der Waals surface area contributed by atoms with E-state index in [2.05, 4.69) is 15.5 Å². The first-order chi connectivity index (χ1) is 19.0. The fourth-order valence-corrected chi connectivity index (χ4v) is 5.08. The van der Waals surface area contributed by atoms with Crippen LogP contribution in [0.4, 0.5) is 24.5 Å². The van der Waals surface area contributed by atoms with E-state index in [9.17, 15) is 27.9 Å². The smallest absolute Gasteiger partial charge is 0.430 e. The predicted octanol–water partition coefficient (Wildman–Crippen LogP) is 5.48. The number of anilines is 2. The van der Waals surface area contributed by atoms with E-state index in [4.69, 9.17) is 16.3 Å². The predicted molar refractivity (Wildman–Crippen MR) is 147 cm³/mol. The highest BCUT2D eigenvalue weighted by Gasteiger charge is 2.61. The third-order valence-electron chi connectivity index (χ3n) is 7.15. The maximum Gasteiger partial charge on any atom is 0.430 e. The van der Waals surface area contributed by atoms with Crippen molar-refractivity contribution in [2.75, 3.05) is 37.5 Å². The highest BCUT2D eigenvalue weighted by atomic mass is 35.5. The first-order valence-corrected chi connectivity index (χ1v) is 13.0. The van der Waals surface area contributed by atoms with Crippen LogP contribution in [-0.4, -0.2) is 50.3 Å². The molecule has 0 aromatic heterocycles. The number of nitrogens with zero attached hydrogens (tertiary/aromatic N) is 1. The monoisotopic (exact) mass is 575 g/mol. The molecule has 0 spiro atoms. The summed E-state index contributed by atoms with van der Waals surface area (Å²) in [4.78, 5) is 26.8. The second kappa shape index (κ2) is 11.8. The Hall–Kier alpha value is -3.76. The third-order valence-corrected chi connectivity index (χ3v) is 7.46. The van der Waals surface area contributed by atoms with Gasteiger partial charge in [-0.15, -0.1) is 0 Å². The van der Waals surface area contributed by atoms with Gasteiger partial charge in [-0.3, -0.25) is 9.59 Å². The van der Waals surface area contributed by atoms with Crippen LogP contribution in [0.1, 0.15) is 40.2 Å². The van der Waals surface area contributed by atoms with Crippen LogP contribution < -0.4 is 20.3 Å². The van der Waals surface area contributed by atoms with Crippen LogP contribution >= 0.6 is 11.6 Å². The van der Waals surface area contributed by atoms with Gasteiger partial charge in [0, 0.05) is 37.1 Å². The zero-order valence-electron chi connectivity index (χ0n) is 21.9. The topological polar surface area (TPSA) is 90.9 Å². The van der Waals surface area contributed by atoms with Gasteiger partial charge in [-0.1, -0.05) is 35.9 Å². The molecule has 7 nitrogen and oxygen atoms in total. The van der Waals surface area contributed by atoms with Gasteiger partial charge >= 0.3 is 6.18 Å². The average molecular weight is 576 g/mol. The average Bonchev–Trinajstić information content (AvgIpc) is 2.96. The van der Waals surface area contributed by atoms with E-state index < -0.39 is 23.2 Å². The molecule has 2 amide bonds. The second-order valence-corrected chi connectivity index (χ2v) is 9.93. The van der Waals surface area contributed by atoms with Crippen molar-refractivity contribution in [3.05, 3.63) is 88.4 Å². The first-order valence-electron chi connectivity index (χ1n) is 12.6. The standard InChI is InChI=1S/C29H29ClF3N3O4/c1-34-26(37)24-11-10-22(17-25(24)30)36-14-12-19(13-15-36)18-6-8-21(9-7-18)35-27(38)28(39,29(31,32)33)20-4-3-5-23(16-20)40-2/h3-11,16-17,19,39H,12-15H2,1-2H3,(H,34,37)(H,35,38). The summed E-state index contributed by atoms with van der Waals surface area (Å²) >= 11 is 6.30. The quantitative estimate of drug-likeness (QED) is 0.347. The summed E-state index contributed by atoms with van der Waals surface area (Å²) in [5.74, 6) is -1.58. The van der Waals surface area contributed by atoms with Gasteiger partial charge < -0.3 is 25.4 Å². The van der Waals surface area contributed by atoms with Gasteiger partial charge in [-0.2, -0.15) is 13.2 Å². The van der Waals surface area contributed by atoms with Crippen molar-refractivity contribution in [2.45, 2.75) is 30.5 Å². The zero-order chi connectivity index (χ0) is 29.1. The van der Waals surface area contributed by atoms with E-state index in [-0.39, 0.29) is 23.3 Å². The first kappa shape index (κ1) is 29.2. The molecule has 1 aliphatic rings. The van der Waals surface area contributed by atoms with Gasteiger partial charge in [0.15, 0.2) is 0 Å². The van der Waals surface area contributed by atoms with E-state index >= 15 is 0 Å². The van der Waals surface area contributed by atoms with E-state index in [0.717, 1.165) is 49.3 Å². The molecule has 3 aromatic carbocycles. The number of nitrogens with one attached hydrogen (secondary N) is 2. The van der Waals surface area contributed by atoms with Crippen molar-refractivity contribution in [1.29, 1.82) is 0 Å². The summed E-state index contributed by atoms with van der Waals surface area (Å²) in [6, 6.07) is 16.6. The second-order valence-electron chi connectivity index (χ2n) is 9.52. The number of rotatable bonds is 7. The zero-order valence-corrected chi connectivity index (χ0v) is 22.6. The number of hydrogen-bond donors (Lipinski definition) is 3. The number of piperidine rings is 1. The molecule has 3 N–H and O–H groups in total. The number of aliphatic hydroxyl groups is 1. The number of ether oxygens (including phenoxy) is 1. The largest absolute Gasteiger partial charge is 0.497 e. The fourth-order valence-electron chi connectivity index (χ4n) is 4.82. The number of carbonyl (C=O) groups is 2. The lowest BCUT2D eigenvalue weighted by Crippen LogP contribution is -2.52. The molecule has 1 fully saturated rings. The van der Waals surface area contributed by atoms with Crippen molar-refractivity contribution < 1.29 is 32.6 Å². The molecule has 1 atom stereocenters. The molecule has 3 aromatic rings. The van der Waals surface area contributed by atoms with Crippen molar-refractivity contribution in [3.63, 3.8) is 0 Å². The lowest BCUT2D eigenvalue weighted by Gasteiger charge is -2.34. The molecule has 212 valence electrons.